The van der Waals surface area contributed by atoms with Crippen molar-refractivity contribution >= 4 is 17.7 Å². The Labute approximate surface area is 118 Å². The molecular weight excluding hydrogens is 265 g/mol. The Morgan fingerprint density at radius 1 is 1.42 bits per heavy atom. The molecule has 0 N–H and O–H groups in total. The molecule has 0 fully saturated rings. The lowest BCUT2D eigenvalue weighted by atomic mass is 10.3. The van der Waals surface area contributed by atoms with Gasteiger partial charge in [-0.15, -0.1) is 0 Å². The first-order valence-corrected chi connectivity index (χ1v) is 7.49. The first-order chi connectivity index (χ1) is 9.04. The summed E-state index contributed by atoms with van der Waals surface area (Å²) in [6.45, 7) is 3.07. The van der Waals surface area contributed by atoms with Crippen LogP contribution in [-0.2, 0) is 4.79 Å². The van der Waals surface area contributed by atoms with Crippen molar-refractivity contribution in [3.8, 4) is 5.75 Å². The second-order valence-corrected chi connectivity index (χ2v) is 5.47. The normalized spacial score (nSPS) is 12.0. The van der Waals surface area contributed by atoms with Gasteiger partial charge in [-0.1, -0.05) is 0 Å². The van der Waals surface area contributed by atoms with Gasteiger partial charge in [-0.2, -0.15) is 11.8 Å². The van der Waals surface area contributed by atoms with Crippen molar-refractivity contribution in [2.24, 2.45) is 0 Å². The summed E-state index contributed by atoms with van der Waals surface area (Å²) in [6.07, 6.45) is 2.68. The summed E-state index contributed by atoms with van der Waals surface area (Å²) in [6, 6.07) is 5.93. The first kappa shape index (κ1) is 15.8. The van der Waals surface area contributed by atoms with Crippen LogP contribution in [0.1, 0.15) is 13.3 Å². The smallest absolute Gasteiger partial charge is 0.235 e. The highest BCUT2D eigenvalue weighted by Crippen LogP contribution is 2.12. The molecule has 1 rings (SSSR count). The van der Waals surface area contributed by atoms with Gasteiger partial charge in [0.05, 0.1) is 11.9 Å². The highest BCUT2D eigenvalue weighted by Gasteiger charge is 2.15. The molecule has 0 aromatic heterocycles. The quantitative estimate of drug-likeness (QED) is 0.722. The summed E-state index contributed by atoms with van der Waals surface area (Å²) in [5.41, 5.74) is 0. The molecule has 0 aliphatic heterocycles. The Hall–Kier alpha value is -1.23. The zero-order valence-corrected chi connectivity index (χ0v) is 12.4. The molecule has 0 unspecified atom stereocenters. The summed E-state index contributed by atoms with van der Waals surface area (Å²) < 4.78 is 18.1. The third-order valence-corrected chi connectivity index (χ3v) is 3.71. The van der Waals surface area contributed by atoms with Crippen molar-refractivity contribution in [3.05, 3.63) is 30.1 Å². The van der Waals surface area contributed by atoms with Gasteiger partial charge in [0.25, 0.3) is 0 Å². The van der Waals surface area contributed by atoms with Crippen molar-refractivity contribution in [3.63, 3.8) is 0 Å². The van der Waals surface area contributed by atoms with Crippen molar-refractivity contribution in [2.45, 2.75) is 18.6 Å². The molecule has 0 heterocycles. The van der Waals surface area contributed by atoms with Crippen LogP contribution in [0.15, 0.2) is 24.3 Å². The second-order valence-electron chi connectivity index (χ2n) is 4.29. The Morgan fingerprint density at radius 2 is 2.05 bits per heavy atom. The van der Waals surface area contributed by atoms with E-state index in [9.17, 15) is 9.18 Å². The topological polar surface area (TPSA) is 29.5 Å². The highest BCUT2D eigenvalue weighted by atomic mass is 32.2. The van der Waals surface area contributed by atoms with E-state index in [1.54, 1.807) is 35.8 Å². The van der Waals surface area contributed by atoms with Crippen LogP contribution >= 0.6 is 11.8 Å². The Morgan fingerprint density at radius 3 is 2.63 bits per heavy atom. The standard InChI is InChI=1S/C14H20FNO2S/c1-11(19-3)14(17)16(2)9-4-10-18-13-7-5-12(15)6-8-13/h5-8,11H,4,9-10H2,1-3H3/t11-/m1/s1. The molecular formula is C14H20FNO2S. The van der Waals surface area contributed by atoms with E-state index in [-0.39, 0.29) is 17.0 Å². The number of thioether (sulfide) groups is 1. The maximum absolute atomic E-state index is 12.7. The van der Waals surface area contributed by atoms with E-state index in [4.69, 9.17) is 4.74 Å². The molecule has 1 atom stereocenters. The van der Waals surface area contributed by atoms with Crippen LogP contribution in [0.4, 0.5) is 4.39 Å². The van der Waals surface area contributed by atoms with Gasteiger partial charge in [-0.3, -0.25) is 4.79 Å². The van der Waals surface area contributed by atoms with Crippen LogP contribution in [0, 0.1) is 5.82 Å². The summed E-state index contributed by atoms with van der Waals surface area (Å²) in [7, 11) is 1.80. The van der Waals surface area contributed by atoms with Crippen LogP contribution in [0.25, 0.3) is 0 Å². The molecule has 0 saturated carbocycles. The lowest BCUT2D eigenvalue weighted by Crippen LogP contribution is -2.34. The number of carbonyl (C=O) groups excluding carboxylic acids is 1. The number of ether oxygens (including phenoxy) is 1. The fourth-order valence-electron chi connectivity index (χ4n) is 1.54. The Bertz CT molecular complexity index is 397. The SMILES string of the molecule is CS[C@H](C)C(=O)N(C)CCCOc1ccc(F)cc1. The average molecular weight is 285 g/mol. The number of amides is 1. The average Bonchev–Trinajstić information content (AvgIpc) is 2.43. The summed E-state index contributed by atoms with van der Waals surface area (Å²) in [5.74, 6) is 0.505. The van der Waals surface area contributed by atoms with Gasteiger partial charge >= 0.3 is 0 Å². The Balaban J connectivity index is 2.23. The second kappa shape index (κ2) is 8.04. The van der Waals surface area contributed by atoms with Crippen LogP contribution in [0.5, 0.6) is 5.75 Å². The van der Waals surface area contributed by atoms with Gasteiger partial charge in [-0.05, 0) is 43.9 Å². The minimum Gasteiger partial charge on any atom is -0.494 e. The Kier molecular flexibility index (Phi) is 6.70. The molecule has 1 aromatic rings. The summed E-state index contributed by atoms with van der Waals surface area (Å²) in [5, 5.41) is -0.0111. The molecule has 3 nitrogen and oxygen atoms in total. The molecule has 1 aromatic carbocycles. The van der Waals surface area contributed by atoms with Crippen molar-refractivity contribution in [2.75, 3.05) is 26.5 Å². The van der Waals surface area contributed by atoms with E-state index in [1.807, 2.05) is 13.2 Å². The summed E-state index contributed by atoms with van der Waals surface area (Å²) in [4.78, 5) is 13.5. The van der Waals surface area contributed by atoms with Crippen molar-refractivity contribution in [1.29, 1.82) is 0 Å². The zero-order valence-electron chi connectivity index (χ0n) is 11.6. The third-order valence-electron chi connectivity index (χ3n) is 2.80. The third kappa shape index (κ3) is 5.51. The molecule has 19 heavy (non-hydrogen) atoms. The molecule has 5 heteroatoms. The van der Waals surface area contributed by atoms with E-state index >= 15 is 0 Å². The molecule has 0 aliphatic carbocycles. The number of hydrogen-bond donors (Lipinski definition) is 0. The molecule has 0 saturated heterocycles. The van der Waals surface area contributed by atoms with E-state index in [0.29, 0.717) is 18.9 Å². The largest absolute Gasteiger partial charge is 0.494 e. The molecule has 0 radical (unpaired) electrons. The van der Waals surface area contributed by atoms with Crippen LogP contribution in [-0.4, -0.2) is 42.5 Å². The van der Waals surface area contributed by atoms with Crippen LogP contribution < -0.4 is 4.74 Å². The van der Waals surface area contributed by atoms with Crippen LogP contribution in [0.3, 0.4) is 0 Å². The minimum atomic E-state index is -0.274. The van der Waals surface area contributed by atoms with Gasteiger partial charge in [0.2, 0.25) is 5.91 Å². The number of benzene rings is 1. The number of carbonyl (C=O) groups is 1. The lowest BCUT2D eigenvalue weighted by molar-refractivity contribution is -0.129. The number of hydrogen-bond acceptors (Lipinski definition) is 3. The monoisotopic (exact) mass is 285 g/mol. The zero-order chi connectivity index (χ0) is 14.3. The minimum absolute atomic E-state index is 0.0111. The van der Waals surface area contributed by atoms with Gasteiger partial charge in [0.1, 0.15) is 11.6 Å². The fourth-order valence-corrected chi connectivity index (χ4v) is 1.93. The first-order valence-electron chi connectivity index (χ1n) is 6.20. The number of nitrogens with zero attached hydrogens (tertiary/aromatic N) is 1. The van der Waals surface area contributed by atoms with E-state index in [0.717, 1.165) is 6.42 Å². The molecule has 1 amide bonds. The van der Waals surface area contributed by atoms with Gasteiger partial charge in [0, 0.05) is 13.6 Å². The molecule has 106 valence electrons. The highest BCUT2D eigenvalue weighted by molar-refractivity contribution is 7.99. The van der Waals surface area contributed by atoms with E-state index in [1.165, 1.54) is 12.1 Å². The lowest BCUT2D eigenvalue weighted by Gasteiger charge is -2.20. The number of halogens is 1. The van der Waals surface area contributed by atoms with Gasteiger partial charge in [0.15, 0.2) is 0 Å². The van der Waals surface area contributed by atoms with E-state index < -0.39 is 0 Å². The summed E-state index contributed by atoms with van der Waals surface area (Å²) >= 11 is 1.54. The van der Waals surface area contributed by atoms with E-state index in [2.05, 4.69) is 0 Å². The number of rotatable bonds is 7. The van der Waals surface area contributed by atoms with Gasteiger partial charge < -0.3 is 9.64 Å². The molecule has 0 spiro atoms. The predicted molar refractivity (Wildman–Crippen MR) is 77.1 cm³/mol. The maximum atomic E-state index is 12.7. The van der Waals surface area contributed by atoms with Crippen molar-refractivity contribution in [1.82, 2.24) is 4.90 Å². The fraction of sp³-hybridized carbons (Fsp3) is 0.500. The van der Waals surface area contributed by atoms with Crippen LogP contribution in [0.2, 0.25) is 0 Å². The van der Waals surface area contributed by atoms with Crippen molar-refractivity contribution < 1.29 is 13.9 Å². The molecule has 0 aliphatic rings. The van der Waals surface area contributed by atoms with Gasteiger partial charge in [-0.25, -0.2) is 4.39 Å². The molecule has 0 bridgehead atoms. The predicted octanol–water partition coefficient (Wildman–Crippen LogP) is 2.80. The maximum Gasteiger partial charge on any atom is 0.235 e.